The van der Waals surface area contributed by atoms with Gasteiger partial charge in [0.1, 0.15) is 35.2 Å². The topological polar surface area (TPSA) is 94.8 Å². The number of aromatic nitrogens is 5. The third-order valence-corrected chi connectivity index (χ3v) is 5.67. The van der Waals surface area contributed by atoms with Crippen molar-refractivity contribution in [3.63, 3.8) is 0 Å². The first-order valence-electron chi connectivity index (χ1n) is 10.8. The number of hydrogen-bond donors (Lipinski definition) is 1. The first-order valence-corrected chi connectivity index (χ1v) is 10.8. The van der Waals surface area contributed by atoms with Crippen molar-refractivity contribution in [2.75, 3.05) is 11.9 Å². The van der Waals surface area contributed by atoms with Crippen LogP contribution in [0.2, 0.25) is 0 Å². The Hall–Kier alpha value is -4.21. The normalized spacial score (nSPS) is 16.0. The maximum absolute atomic E-state index is 15.0. The van der Waals surface area contributed by atoms with E-state index in [0.717, 1.165) is 18.7 Å². The summed E-state index contributed by atoms with van der Waals surface area (Å²) in [5.74, 6) is -1.05. The molecule has 0 radical (unpaired) electrons. The molecule has 0 saturated heterocycles. The summed E-state index contributed by atoms with van der Waals surface area (Å²) in [7, 11) is 0. The first kappa shape index (κ1) is 21.6. The fourth-order valence-electron chi connectivity index (χ4n) is 3.91. The Balaban J connectivity index is 1.59. The van der Waals surface area contributed by atoms with E-state index in [9.17, 15) is 13.6 Å². The summed E-state index contributed by atoms with van der Waals surface area (Å²) in [6, 6.07) is 8.97. The van der Waals surface area contributed by atoms with Gasteiger partial charge in [-0.15, -0.1) is 10.2 Å². The highest BCUT2D eigenvalue weighted by molar-refractivity contribution is 6.06. The molecule has 2 bridgehead atoms. The Morgan fingerprint density at radius 3 is 2.85 bits per heavy atom. The zero-order valence-corrected chi connectivity index (χ0v) is 18.2. The standard InChI is InChI=1S/C24H20F2N6O2/c1-14-4-3-9-34-21-11-18(25)16(15-7-8-27-12-19(15)26)10-17(21)24(33)30-22-6-2-5-20(29-22)23-31-28-13-32(14)23/h2,5-8,10-14H,3-4,9H2,1H3,(H,29,30,33)/t14-/m0/s1. The molecule has 4 aromatic rings. The highest BCUT2D eigenvalue weighted by Gasteiger charge is 2.22. The number of benzene rings is 1. The van der Waals surface area contributed by atoms with Crippen LogP contribution in [-0.4, -0.2) is 37.2 Å². The summed E-state index contributed by atoms with van der Waals surface area (Å²) in [6.45, 7) is 2.29. The van der Waals surface area contributed by atoms with Gasteiger partial charge < -0.3 is 14.6 Å². The number of carbonyl (C=O) groups excluding carboxylic acids is 1. The van der Waals surface area contributed by atoms with Crippen molar-refractivity contribution in [3.8, 4) is 28.4 Å². The van der Waals surface area contributed by atoms with E-state index in [2.05, 4.69) is 25.5 Å². The van der Waals surface area contributed by atoms with Crippen molar-refractivity contribution in [1.82, 2.24) is 24.7 Å². The Morgan fingerprint density at radius 1 is 1.12 bits per heavy atom. The molecule has 3 aromatic heterocycles. The summed E-state index contributed by atoms with van der Waals surface area (Å²) >= 11 is 0. The van der Waals surface area contributed by atoms with Crippen LogP contribution in [0.25, 0.3) is 22.6 Å². The highest BCUT2D eigenvalue weighted by atomic mass is 19.1. The molecule has 8 nitrogen and oxygen atoms in total. The molecule has 0 aliphatic carbocycles. The Kier molecular flexibility index (Phi) is 5.70. The maximum atomic E-state index is 15.0. The lowest BCUT2D eigenvalue weighted by Gasteiger charge is -2.18. The number of fused-ring (bicyclic) bond motifs is 5. The summed E-state index contributed by atoms with van der Waals surface area (Å²) < 4.78 is 37.0. The van der Waals surface area contributed by atoms with E-state index in [-0.39, 0.29) is 40.9 Å². The summed E-state index contributed by atoms with van der Waals surface area (Å²) in [5.41, 5.74) is 0.542. The lowest BCUT2D eigenvalue weighted by Crippen LogP contribution is -2.17. The molecule has 0 fully saturated rings. The van der Waals surface area contributed by atoms with Crippen molar-refractivity contribution < 1.29 is 18.3 Å². The fourth-order valence-corrected chi connectivity index (χ4v) is 3.91. The van der Waals surface area contributed by atoms with Crippen LogP contribution in [0.3, 0.4) is 0 Å². The van der Waals surface area contributed by atoms with Crippen LogP contribution in [-0.2, 0) is 0 Å². The number of nitrogens with zero attached hydrogens (tertiary/aromatic N) is 5. The Morgan fingerprint density at radius 2 is 2.00 bits per heavy atom. The predicted molar refractivity (Wildman–Crippen MR) is 120 cm³/mol. The molecule has 1 N–H and O–H groups in total. The number of hydrogen-bond acceptors (Lipinski definition) is 6. The average Bonchev–Trinajstić information content (AvgIpc) is 3.32. The minimum absolute atomic E-state index is 0.00390. The molecule has 4 heterocycles. The van der Waals surface area contributed by atoms with Gasteiger partial charge in [0.25, 0.3) is 5.91 Å². The second kappa shape index (κ2) is 8.97. The summed E-state index contributed by atoms with van der Waals surface area (Å²) in [4.78, 5) is 21.4. The van der Waals surface area contributed by atoms with Crippen LogP contribution in [0.1, 0.15) is 36.2 Å². The van der Waals surface area contributed by atoms with E-state index in [4.69, 9.17) is 4.74 Å². The molecule has 1 aliphatic heterocycles. The number of pyridine rings is 2. The van der Waals surface area contributed by atoms with Crippen LogP contribution in [0.5, 0.6) is 5.75 Å². The Labute approximate surface area is 193 Å². The molecule has 0 saturated carbocycles. The smallest absolute Gasteiger partial charge is 0.260 e. The van der Waals surface area contributed by atoms with Crippen molar-refractivity contribution in [2.24, 2.45) is 0 Å². The van der Waals surface area contributed by atoms with Crippen molar-refractivity contribution in [3.05, 3.63) is 72.3 Å². The second-order valence-corrected chi connectivity index (χ2v) is 7.95. The number of anilines is 1. The van der Waals surface area contributed by atoms with E-state index in [1.54, 1.807) is 24.5 Å². The zero-order chi connectivity index (χ0) is 23.7. The second-order valence-electron chi connectivity index (χ2n) is 7.95. The molecule has 34 heavy (non-hydrogen) atoms. The number of rotatable bonds is 1. The van der Waals surface area contributed by atoms with Gasteiger partial charge in [-0.05, 0) is 44.0 Å². The Bertz CT molecular complexity index is 1370. The van der Waals surface area contributed by atoms with Crippen LogP contribution in [0, 0.1) is 11.6 Å². The zero-order valence-electron chi connectivity index (χ0n) is 18.2. The van der Waals surface area contributed by atoms with Gasteiger partial charge in [-0.25, -0.2) is 13.8 Å². The quantitative estimate of drug-likeness (QED) is 0.442. The summed E-state index contributed by atoms with van der Waals surface area (Å²) in [6.07, 6.45) is 5.36. The third kappa shape index (κ3) is 4.09. The number of amides is 1. The van der Waals surface area contributed by atoms with E-state index < -0.39 is 17.5 Å². The molecule has 10 heteroatoms. The minimum Gasteiger partial charge on any atom is -0.493 e. The lowest BCUT2D eigenvalue weighted by molar-refractivity contribution is 0.102. The van der Waals surface area contributed by atoms with Crippen molar-refractivity contribution >= 4 is 11.7 Å². The number of halogens is 2. The van der Waals surface area contributed by atoms with E-state index >= 15 is 0 Å². The van der Waals surface area contributed by atoms with Crippen LogP contribution >= 0.6 is 0 Å². The third-order valence-electron chi connectivity index (χ3n) is 5.67. The molecule has 5 rings (SSSR count). The van der Waals surface area contributed by atoms with Crippen molar-refractivity contribution in [1.29, 1.82) is 0 Å². The minimum atomic E-state index is -0.708. The van der Waals surface area contributed by atoms with E-state index in [1.165, 1.54) is 18.3 Å². The number of nitrogens with one attached hydrogen (secondary N) is 1. The number of carbonyl (C=O) groups is 1. The average molecular weight is 462 g/mol. The molecule has 1 atom stereocenters. The number of ether oxygens (including phenoxy) is 1. The van der Waals surface area contributed by atoms with Crippen molar-refractivity contribution in [2.45, 2.75) is 25.8 Å². The molecule has 1 aromatic carbocycles. The van der Waals surface area contributed by atoms with E-state index in [0.29, 0.717) is 17.9 Å². The van der Waals surface area contributed by atoms with Gasteiger partial charge in [0.15, 0.2) is 5.82 Å². The molecule has 0 unspecified atom stereocenters. The highest BCUT2D eigenvalue weighted by Crippen LogP contribution is 2.32. The van der Waals surface area contributed by atoms with Crippen LogP contribution < -0.4 is 10.1 Å². The van der Waals surface area contributed by atoms with Gasteiger partial charge in [-0.3, -0.25) is 9.78 Å². The predicted octanol–water partition coefficient (Wildman–Crippen LogP) is 4.67. The molecular weight excluding hydrogens is 442 g/mol. The van der Waals surface area contributed by atoms with Gasteiger partial charge in [0, 0.05) is 29.4 Å². The molecule has 1 aliphatic rings. The maximum Gasteiger partial charge on any atom is 0.260 e. The molecule has 172 valence electrons. The van der Waals surface area contributed by atoms with Gasteiger partial charge in [-0.1, -0.05) is 6.07 Å². The van der Waals surface area contributed by atoms with Gasteiger partial charge in [0.05, 0.1) is 18.4 Å². The molecular formula is C24H20F2N6O2. The summed E-state index contributed by atoms with van der Waals surface area (Å²) in [5, 5.41) is 10.9. The van der Waals surface area contributed by atoms with Gasteiger partial charge in [0.2, 0.25) is 0 Å². The SMILES string of the molecule is C[C@H]1CCCOc2cc(F)c(-c3ccncc3F)cc2C(=O)Nc2cccc(n2)-c2nncn21. The first-order chi connectivity index (χ1) is 16.5. The lowest BCUT2D eigenvalue weighted by atomic mass is 10.0. The molecule has 0 spiro atoms. The monoisotopic (exact) mass is 462 g/mol. The van der Waals surface area contributed by atoms with Gasteiger partial charge >= 0.3 is 0 Å². The van der Waals surface area contributed by atoms with Crippen LogP contribution in [0.4, 0.5) is 14.6 Å². The fraction of sp³-hybridized carbons (Fsp3) is 0.208. The van der Waals surface area contributed by atoms with Gasteiger partial charge in [-0.2, -0.15) is 0 Å². The van der Waals surface area contributed by atoms with E-state index in [1.807, 2.05) is 11.5 Å². The largest absolute Gasteiger partial charge is 0.493 e. The van der Waals surface area contributed by atoms with Crippen LogP contribution in [0.15, 0.2) is 55.1 Å². The molecule has 1 amide bonds.